The smallest absolute Gasteiger partial charge is 0.315 e. The van der Waals surface area contributed by atoms with Gasteiger partial charge in [-0.25, -0.2) is 4.79 Å². The molecule has 0 heterocycles. The molecule has 0 saturated heterocycles. The van der Waals surface area contributed by atoms with E-state index in [1.54, 1.807) is 0 Å². The second kappa shape index (κ2) is 8.67. The molecule has 0 aromatic heterocycles. The molecular formula is C15H21BrN2O3. The Balaban J connectivity index is 2.56. The first-order valence-corrected chi connectivity index (χ1v) is 7.76. The summed E-state index contributed by atoms with van der Waals surface area (Å²) in [6, 6.07) is 6.83. The van der Waals surface area contributed by atoms with Crippen LogP contribution < -0.4 is 10.6 Å². The van der Waals surface area contributed by atoms with Crippen LogP contribution in [0.25, 0.3) is 0 Å². The summed E-state index contributed by atoms with van der Waals surface area (Å²) in [6.07, 6.45) is 1.40. The van der Waals surface area contributed by atoms with Crippen molar-refractivity contribution in [3.8, 4) is 0 Å². The number of rotatable bonds is 7. The average molecular weight is 357 g/mol. The predicted octanol–water partition coefficient (Wildman–Crippen LogP) is 3.45. The molecule has 0 fully saturated rings. The minimum atomic E-state index is -0.909. The van der Waals surface area contributed by atoms with E-state index in [4.69, 9.17) is 5.11 Å². The van der Waals surface area contributed by atoms with Crippen LogP contribution in [0, 0.1) is 0 Å². The van der Waals surface area contributed by atoms with E-state index >= 15 is 0 Å². The fourth-order valence-electron chi connectivity index (χ4n) is 2.07. The first kappa shape index (κ1) is 17.5. The Morgan fingerprint density at radius 2 is 2.05 bits per heavy atom. The zero-order chi connectivity index (χ0) is 15.8. The Morgan fingerprint density at radius 3 is 2.62 bits per heavy atom. The highest BCUT2D eigenvalue weighted by atomic mass is 79.9. The fourth-order valence-corrected chi connectivity index (χ4v) is 2.48. The Hall–Kier alpha value is -1.56. The molecule has 2 unspecified atom stereocenters. The van der Waals surface area contributed by atoms with E-state index in [-0.39, 0.29) is 24.5 Å². The molecule has 1 aromatic rings. The first-order valence-electron chi connectivity index (χ1n) is 6.96. The lowest BCUT2D eigenvalue weighted by atomic mass is 10.1. The van der Waals surface area contributed by atoms with Crippen LogP contribution in [0.1, 0.15) is 44.7 Å². The van der Waals surface area contributed by atoms with Crippen molar-refractivity contribution in [2.24, 2.45) is 0 Å². The molecule has 0 bridgehead atoms. The Morgan fingerprint density at radius 1 is 1.33 bits per heavy atom. The maximum absolute atomic E-state index is 12.0. The maximum atomic E-state index is 12.0. The van der Waals surface area contributed by atoms with E-state index in [9.17, 15) is 9.59 Å². The minimum Gasteiger partial charge on any atom is -0.481 e. The molecule has 0 saturated carbocycles. The number of aliphatic carboxylic acids is 1. The topological polar surface area (TPSA) is 78.4 Å². The van der Waals surface area contributed by atoms with Crippen LogP contribution in [-0.4, -0.2) is 23.1 Å². The van der Waals surface area contributed by atoms with E-state index in [1.807, 2.05) is 38.1 Å². The second-order valence-corrected chi connectivity index (χ2v) is 5.89. The van der Waals surface area contributed by atoms with E-state index in [0.29, 0.717) is 6.42 Å². The number of hydrogen-bond acceptors (Lipinski definition) is 2. The molecule has 2 atom stereocenters. The van der Waals surface area contributed by atoms with Crippen molar-refractivity contribution in [3.05, 3.63) is 34.3 Å². The number of carboxylic acid groups (broad SMARTS) is 1. The van der Waals surface area contributed by atoms with Gasteiger partial charge >= 0.3 is 12.0 Å². The van der Waals surface area contributed by atoms with E-state index in [1.165, 1.54) is 0 Å². The van der Waals surface area contributed by atoms with Gasteiger partial charge in [0.25, 0.3) is 0 Å². The molecule has 21 heavy (non-hydrogen) atoms. The average Bonchev–Trinajstić information content (AvgIpc) is 2.37. The molecule has 1 rings (SSSR count). The van der Waals surface area contributed by atoms with Gasteiger partial charge in [0, 0.05) is 10.5 Å². The quantitative estimate of drug-likeness (QED) is 0.699. The van der Waals surface area contributed by atoms with E-state index in [2.05, 4.69) is 26.6 Å². The molecule has 0 spiro atoms. The summed E-state index contributed by atoms with van der Waals surface area (Å²) in [5.41, 5.74) is 0.977. The zero-order valence-electron chi connectivity index (χ0n) is 12.2. The molecule has 1 aromatic carbocycles. The van der Waals surface area contributed by atoms with Gasteiger partial charge in [-0.05, 0) is 31.0 Å². The fraction of sp³-hybridized carbons (Fsp3) is 0.467. The van der Waals surface area contributed by atoms with E-state index in [0.717, 1.165) is 16.5 Å². The maximum Gasteiger partial charge on any atom is 0.315 e. The highest BCUT2D eigenvalue weighted by Crippen LogP contribution is 2.17. The summed E-state index contributed by atoms with van der Waals surface area (Å²) in [6.45, 7) is 3.84. The zero-order valence-corrected chi connectivity index (χ0v) is 13.8. The van der Waals surface area contributed by atoms with Crippen LogP contribution in [-0.2, 0) is 4.79 Å². The molecule has 3 N–H and O–H groups in total. The molecule has 0 radical (unpaired) electrons. The molecule has 2 amide bonds. The Kier molecular flexibility index (Phi) is 7.22. The number of hydrogen-bond donors (Lipinski definition) is 3. The van der Waals surface area contributed by atoms with Crippen molar-refractivity contribution in [1.82, 2.24) is 10.6 Å². The minimum absolute atomic E-state index is 0.0630. The molecule has 0 aliphatic carbocycles. The van der Waals surface area contributed by atoms with Gasteiger partial charge in [-0.15, -0.1) is 0 Å². The molecule has 6 heteroatoms. The van der Waals surface area contributed by atoms with Crippen molar-refractivity contribution >= 4 is 27.9 Å². The summed E-state index contributed by atoms with van der Waals surface area (Å²) in [7, 11) is 0. The monoisotopic (exact) mass is 356 g/mol. The van der Waals surface area contributed by atoms with Crippen molar-refractivity contribution in [2.45, 2.75) is 45.2 Å². The lowest BCUT2D eigenvalue weighted by molar-refractivity contribution is -0.137. The summed E-state index contributed by atoms with van der Waals surface area (Å²) >= 11 is 3.39. The van der Waals surface area contributed by atoms with Gasteiger partial charge in [-0.2, -0.15) is 0 Å². The van der Waals surface area contributed by atoms with Crippen molar-refractivity contribution in [3.63, 3.8) is 0 Å². The van der Waals surface area contributed by atoms with Crippen LogP contribution in [0.2, 0.25) is 0 Å². The van der Waals surface area contributed by atoms with Gasteiger partial charge in [0.15, 0.2) is 0 Å². The lowest BCUT2D eigenvalue weighted by Crippen LogP contribution is -2.43. The normalized spacial score (nSPS) is 13.3. The van der Waals surface area contributed by atoms with Crippen LogP contribution in [0.3, 0.4) is 0 Å². The van der Waals surface area contributed by atoms with Crippen LogP contribution in [0.15, 0.2) is 28.7 Å². The third-order valence-corrected chi connectivity index (χ3v) is 3.58. The van der Waals surface area contributed by atoms with Crippen LogP contribution in [0.4, 0.5) is 4.79 Å². The number of amides is 2. The second-order valence-electron chi connectivity index (χ2n) is 4.98. The van der Waals surface area contributed by atoms with Gasteiger partial charge in [0.1, 0.15) is 0 Å². The molecule has 116 valence electrons. The van der Waals surface area contributed by atoms with E-state index < -0.39 is 5.97 Å². The van der Waals surface area contributed by atoms with Crippen LogP contribution in [0.5, 0.6) is 0 Å². The standard InChI is InChI=1S/C15H21BrN2O3/c1-3-5-13(9-14(19)20)18-15(21)17-10(2)11-6-4-7-12(16)8-11/h4,6-8,10,13H,3,5,9H2,1-2H3,(H,19,20)(H2,17,18,21). The number of benzene rings is 1. The lowest BCUT2D eigenvalue weighted by Gasteiger charge is -2.20. The third kappa shape index (κ3) is 6.62. The summed E-state index contributed by atoms with van der Waals surface area (Å²) < 4.78 is 0.948. The largest absolute Gasteiger partial charge is 0.481 e. The van der Waals surface area contributed by atoms with Gasteiger partial charge < -0.3 is 15.7 Å². The molecule has 5 nitrogen and oxygen atoms in total. The molecular weight excluding hydrogens is 336 g/mol. The van der Waals surface area contributed by atoms with Gasteiger partial charge in [0.2, 0.25) is 0 Å². The first-order chi connectivity index (χ1) is 9.92. The number of halogens is 1. The number of carbonyl (C=O) groups excluding carboxylic acids is 1. The van der Waals surface area contributed by atoms with Gasteiger partial charge in [0.05, 0.1) is 12.5 Å². The van der Waals surface area contributed by atoms with Crippen LogP contribution >= 0.6 is 15.9 Å². The van der Waals surface area contributed by atoms with Crippen molar-refractivity contribution in [2.75, 3.05) is 0 Å². The van der Waals surface area contributed by atoms with Crippen molar-refractivity contribution in [1.29, 1.82) is 0 Å². The highest BCUT2D eigenvalue weighted by molar-refractivity contribution is 9.10. The van der Waals surface area contributed by atoms with Crippen molar-refractivity contribution < 1.29 is 14.7 Å². The summed E-state index contributed by atoms with van der Waals surface area (Å²) in [4.78, 5) is 22.7. The number of carboxylic acids is 1. The SMILES string of the molecule is CCCC(CC(=O)O)NC(=O)NC(C)c1cccc(Br)c1. The Bertz CT molecular complexity index is 494. The molecule has 0 aliphatic heterocycles. The number of nitrogens with one attached hydrogen (secondary N) is 2. The van der Waals surface area contributed by atoms with Gasteiger partial charge in [-0.3, -0.25) is 4.79 Å². The molecule has 0 aliphatic rings. The third-order valence-electron chi connectivity index (χ3n) is 3.09. The number of urea groups is 1. The summed E-state index contributed by atoms with van der Waals surface area (Å²) in [5, 5.41) is 14.4. The number of carbonyl (C=O) groups is 2. The predicted molar refractivity (Wildman–Crippen MR) is 85.2 cm³/mol. The Labute approximate surface area is 133 Å². The highest BCUT2D eigenvalue weighted by Gasteiger charge is 2.16. The van der Waals surface area contributed by atoms with Gasteiger partial charge in [-0.1, -0.05) is 41.4 Å². The summed E-state index contributed by atoms with van der Waals surface area (Å²) in [5.74, 6) is -0.909.